The molecule has 0 bridgehead atoms. The monoisotopic (exact) mass is 477 g/mol. The number of thiazole rings is 1. The van der Waals surface area contributed by atoms with Crippen molar-refractivity contribution in [1.29, 1.82) is 0 Å². The van der Waals surface area contributed by atoms with Crippen molar-refractivity contribution >= 4 is 40.6 Å². The van der Waals surface area contributed by atoms with E-state index >= 15 is 0 Å². The smallest absolute Gasteiger partial charge is 0.251 e. The molecule has 9 heteroatoms. The third-order valence-electron chi connectivity index (χ3n) is 4.70. The maximum Gasteiger partial charge on any atom is 0.251 e. The number of amides is 2. The van der Waals surface area contributed by atoms with Gasteiger partial charge < -0.3 is 10.6 Å². The summed E-state index contributed by atoms with van der Waals surface area (Å²) in [7, 11) is 0. The van der Waals surface area contributed by atoms with Gasteiger partial charge in [-0.15, -0.1) is 11.3 Å². The van der Waals surface area contributed by atoms with Gasteiger partial charge in [0.05, 0.1) is 0 Å². The van der Waals surface area contributed by atoms with Crippen LogP contribution >= 0.6 is 23.1 Å². The molecule has 4 rings (SSSR count). The van der Waals surface area contributed by atoms with Crippen molar-refractivity contribution in [3.8, 4) is 0 Å². The highest BCUT2D eigenvalue weighted by Gasteiger charge is 2.08. The van der Waals surface area contributed by atoms with Crippen molar-refractivity contribution in [1.82, 2.24) is 20.1 Å². The highest BCUT2D eigenvalue weighted by Crippen LogP contribution is 2.26. The third-order valence-corrected chi connectivity index (χ3v) is 6.91. The van der Waals surface area contributed by atoms with Crippen LogP contribution in [0.15, 0.2) is 76.7 Å². The van der Waals surface area contributed by atoms with Gasteiger partial charge in [-0.25, -0.2) is 4.98 Å². The van der Waals surface area contributed by atoms with E-state index in [9.17, 15) is 9.59 Å². The summed E-state index contributed by atoms with van der Waals surface area (Å²) in [5.41, 5.74) is 4.36. The number of hydrogen-bond donors (Lipinski definition) is 2. The van der Waals surface area contributed by atoms with Gasteiger partial charge in [0, 0.05) is 47.0 Å². The number of carbonyl (C=O) groups is 2. The lowest BCUT2D eigenvalue weighted by Gasteiger charge is -2.09. The minimum Gasteiger partial charge on any atom is -0.348 e. The molecule has 33 heavy (non-hydrogen) atoms. The van der Waals surface area contributed by atoms with Crippen LogP contribution in [-0.2, 0) is 23.6 Å². The van der Waals surface area contributed by atoms with Crippen LogP contribution in [-0.4, -0.2) is 26.6 Å². The molecular formula is C24H23N5O2S2. The van der Waals surface area contributed by atoms with E-state index < -0.39 is 0 Å². The SMILES string of the molecule is Cc1csc(SCc2ccc(C(=O)NCc3cccc(NC(=O)Cn4cccn4)c3)cc2)n1. The summed E-state index contributed by atoms with van der Waals surface area (Å²) in [6.07, 6.45) is 3.37. The van der Waals surface area contributed by atoms with Crippen LogP contribution in [0, 0.1) is 6.92 Å². The molecule has 0 spiro atoms. The summed E-state index contributed by atoms with van der Waals surface area (Å²) in [5.74, 6) is 0.509. The summed E-state index contributed by atoms with van der Waals surface area (Å²) >= 11 is 3.34. The Kier molecular flexibility index (Phi) is 7.54. The highest BCUT2D eigenvalue weighted by molar-refractivity contribution is 8.00. The molecule has 2 aromatic carbocycles. The zero-order chi connectivity index (χ0) is 23.0. The van der Waals surface area contributed by atoms with E-state index in [0.717, 1.165) is 26.9 Å². The maximum absolute atomic E-state index is 12.5. The average Bonchev–Trinajstić information content (AvgIpc) is 3.48. The van der Waals surface area contributed by atoms with E-state index in [-0.39, 0.29) is 18.4 Å². The zero-order valence-electron chi connectivity index (χ0n) is 18.0. The number of benzene rings is 2. The van der Waals surface area contributed by atoms with Gasteiger partial charge in [0.15, 0.2) is 0 Å². The number of carbonyl (C=O) groups excluding carboxylic acids is 2. The van der Waals surface area contributed by atoms with Gasteiger partial charge in [-0.3, -0.25) is 14.3 Å². The van der Waals surface area contributed by atoms with Crippen LogP contribution in [0.5, 0.6) is 0 Å². The van der Waals surface area contributed by atoms with Crippen molar-refractivity contribution < 1.29 is 9.59 Å². The Balaban J connectivity index is 1.26. The fourth-order valence-electron chi connectivity index (χ4n) is 3.08. The summed E-state index contributed by atoms with van der Waals surface area (Å²) in [4.78, 5) is 29.2. The Morgan fingerprint density at radius 2 is 1.94 bits per heavy atom. The maximum atomic E-state index is 12.5. The van der Waals surface area contributed by atoms with Gasteiger partial charge in [-0.2, -0.15) is 5.10 Å². The molecule has 2 amide bonds. The van der Waals surface area contributed by atoms with Crippen LogP contribution < -0.4 is 10.6 Å². The molecule has 0 atom stereocenters. The molecule has 168 valence electrons. The van der Waals surface area contributed by atoms with Crippen LogP contribution in [0.2, 0.25) is 0 Å². The minimum absolute atomic E-state index is 0.141. The molecule has 4 aromatic rings. The molecule has 2 aromatic heterocycles. The number of aromatic nitrogens is 3. The topological polar surface area (TPSA) is 88.9 Å². The van der Waals surface area contributed by atoms with E-state index in [1.54, 1.807) is 46.2 Å². The molecule has 0 saturated heterocycles. The first-order valence-corrected chi connectivity index (χ1v) is 12.2. The summed E-state index contributed by atoms with van der Waals surface area (Å²) in [5, 5.41) is 11.9. The van der Waals surface area contributed by atoms with Gasteiger partial charge in [-0.05, 0) is 48.4 Å². The Hall–Kier alpha value is -3.43. The Morgan fingerprint density at radius 1 is 1.09 bits per heavy atom. The Morgan fingerprint density at radius 3 is 2.67 bits per heavy atom. The molecule has 0 saturated carbocycles. The molecule has 0 aliphatic carbocycles. The van der Waals surface area contributed by atoms with Gasteiger partial charge in [-0.1, -0.05) is 36.0 Å². The predicted octanol–water partition coefficient (Wildman–Crippen LogP) is 4.51. The number of nitrogens with zero attached hydrogens (tertiary/aromatic N) is 3. The largest absolute Gasteiger partial charge is 0.348 e. The first-order chi connectivity index (χ1) is 16.0. The van der Waals surface area contributed by atoms with Gasteiger partial charge in [0.1, 0.15) is 10.9 Å². The molecule has 7 nitrogen and oxygen atoms in total. The fraction of sp³-hybridized carbons (Fsp3) is 0.167. The molecule has 2 heterocycles. The van der Waals surface area contributed by atoms with Gasteiger partial charge in [0.25, 0.3) is 5.91 Å². The minimum atomic E-state index is -0.164. The van der Waals surface area contributed by atoms with Crippen molar-refractivity contribution in [2.75, 3.05) is 5.32 Å². The second kappa shape index (κ2) is 10.9. The fourth-order valence-corrected chi connectivity index (χ4v) is 4.89. The molecule has 0 radical (unpaired) electrons. The van der Waals surface area contributed by atoms with Crippen molar-refractivity contribution in [3.05, 3.63) is 94.8 Å². The first kappa shape index (κ1) is 22.8. The lowest BCUT2D eigenvalue weighted by atomic mass is 10.1. The molecule has 2 N–H and O–H groups in total. The van der Waals surface area contributed by atoms with Gasteiger partial charge >= 0.3 is 0 Å². The van der Waals surface area contributed by atoms with Crippen molar-refractivity contribution in [2.24, 2.45) is 0 Å². The number of anilines is 1. The number of nitrogens with one attached hydrogen (secondary N) is 2. The number of aryl methyl sites for hydroxylation is 1. The highest BCUT2D eigenvalue weighted by atomic mass is 32.2. The van der Waals surface area contributed by atoms with Crippen LogP contribution in [0.25, 0.3) is 0 Å². The zero-order valence-corrected chi connectivity index (χ0v) is 19.7. The second-order valence-electron chi connectivity index (χ2n) is 7.38. The summed E-state index contributed by atoms with van der Waals surface area (Å²) in [6, 6.07) is 16.8. The first-order valence-electron chi connectivity index (χ1n) is 10.3. The number of thioether (sulfide) groups is 1. The van der Waals surface area contributed by atoms with Crippen LogP contribution in [0.1, 0.15) is 27.2 Å². The molecule has 0 aliphatic heterocycles. The van der Waals surface area contributed by atoms with E-state index in [4.69, 9.17) is 0 Å². The Labute approximate surface area is 200 Å². The predicted molar refractivity (Wildman–Crippen MR) is 131 cm³/mol. The van der Waals surface area contributed by atoms with E-state index in [1.807, 2.05) is 60.8 Å². The van der Waals surface area contributed by atoms with E-state index in [1.165, 1.54) is 0 Å². The Bertz CT molecular complexity index is 1220. The van der Waals surface area contributed by atoms with Crippen LogP contribution in [0.3, 0.4) is 0 Å². The van der Waals surface area contributed by atoms with Crippen molar-refractivity contribution in [3.63, 3.8) is 0 Å². The lowest BCUT2D eigenvalue weighted by molar-refractivity contribution is -0.116. The third kappa shape index (κ3) is 6.77. The van der Waals surface area contributed by atoms with Crippen LogP contribution in [0.4, 0.5) is 5.69 Å². The average molecular weight is 478 g/mol. The van der Waals surface area contributed by atoms with E-state index in [0.29, 0.717) is 17.8 Å². The number of hydrogen-bond acceptors (Lipinski definition) is 6. The summed E-state index contributed by atoms with van der Waals surface area (Å²) in [6.45, 7) is 2.50. The molecule has 0 aliphatic rings. The molecule has 0 fully saturated rings. The quantitative estimate of drug-likeness (QED) is 0.346. The second-order valence-corrected chi connectivity index (χ2v) is 9.46. The standard InChI is InChI=1S/C24H23N5O2S2/c1-17-15-32-24(27-17)33-16-18-6-8-20(9-7-18)23(31)25-13-19-4-2-5-21(12-19)28-22(30)14-29-11-3-10-26-29/h2-12,15H,13-14,16H2,1H3,(H,25,31)(H,28,30). The summed E-state index contributed by atoms with van der Waals surface area (Å²) < 4.78 is 2.61. The van der Waals surface area contributed by atoms with Crippen molar-refractivity contribution in [2.45, 2.75) is 30.1 Å². The normalized spacial score (nSPS) is 10.7. The molecular weight excluding hydrogens is 454 g/mol. The van der Waals surface area contributed by atoms with E-state index in [2.05, 4.69) is 20.7 Å². The number of rotatable bonds is 9. The molecule has 0 unspecified atom stereocenters. The lowest BCUT2D eigenvalue weighted by Crippen LogP contribution is -2.23. The van der Waals surface area contributed by atoms with Gasteiger partial charge in [0.2, 0.25) is 5.91 Å².